The van der Waals surface area contributed by atoms with Crippen molar-refractivity contribution in [1.82, 2.24) is 10.9 Å². The topological polar surface area (TPSA) is 135 Å². The molecule has 2 aromatic rings. The summed E-state index contributed by atoms with van der Waals surface area (Å²) in [4.78, 5) is 33.8. The van der Waals surface area contributed by atoms with Crippen LogP contribution in [-0.4, -0.2) is 15.9 Å². The number of nitrogens with one attached hydrogen (secondary N) is 2. The van der Waals surface area contributed by atoms with E-state index in [9.17, 15) is 24.8 Å². The normalized spacial score (nSPS) is 10.0. The highest BCUT2D eigenvalue weighted by molar-refractivity contribution is 5.95. The van der Waals surface area contributed by atoms with Crippen molar-refractivity contribution >= 4 is 17.3 Å². The minimum absolute atomic E-state index is 0.0321. The van der Waals surface area contributed by atoms with Crippen LogP contribution in [0.3, 0.4) is 0 Å². The third kappa shape index (κ3) is 3.58. The lowest BCUT2D eigenvalue weighted by molar-refractivity contribution is -0.384. The van der Waals surface area contributed by atoms with Crippen molar-refractivity contribution in [2.45, 2.75) is 6.92 Å². The number of nitrogens with zero attached hydrogens (tertiary/aromatic N) is 1. The first-order valence-corrected chi connectivity index (χ1v) is 6.63. The molecule has 0 fully saturated rings. The molecule has 1 amide bonds. The molecule has 0 unspecified atom stereocenters. The third-order valence-electron chi connectivity index (χ3n) is 3.00. The maximum absolute atomic E-state index is 12.0. The summed E-state index contributed by atoms with van der Waals surface area (Å²) in [6.45, 7) is 5.02. The molecule has 124 valence electrons. The number of amides is 1. The Kier molecular flexibility index (Phi) is 4.64. The molecule has 0 spiro atoms. The number of aromatic hydroxyl groups is 1. The van der Waals surface area contributed by atoms with Crippen LogP contribution < -0.4 is 16.5 Å². The standard InChI is InChI=1S/C15H13N3O6/c1-8-6-12(19)13(15(21)24-8)9(2)16-17-14(20)10-4-3-5-11(7-10)18(22)23/h3-7,16,19H,2H2,1H3,(H,17,20). The number of nitro benzene ring substituents is 1. The van der Waals surface area contributed by atoms with Crippen LogP contribution >= 0.6 is 0 Å². The number of aryl methyl sites for hydroxylation is 1. The second-order valence-corrected chi connectivity index (χ2v) is 4.77. The summed E-state index contributed by atoms with van der Waals surface area (Å²) in [7, 11) is 0. The summed E-state index contributed by atoms with van der Waals surface area (Å²) >= 11 is 0. The minimum atomic E-state index is -0.824. The van der Waals surface area contributed by atoms with Crippen LogP contribution in [0.15, 0.2) is 46.1 Å². The summed E-state index contributed by atoms with van der Waals surface area (Å²) in [5.74, 6) is -0.823. The monoisotopic (exact) mass is 331 g/mol. The molecule has 3 N–H and O–H groups in total. The van der Waals surface area contributed by atoms with Crippen LogP contribution in [0.1, 0.15) is 21.7 Å². The highest BCUT2D eigenvalue weighted by Crippen LogP contribution is 2.19. The van der Waals surface area contributed by atoms with Gasteiger partial charge in [-0.3, -0.25) is 25.8 Å². The first kappa shape index (κ1) is 16.7. The lowest BCUT2D eigenvalue weighted by Gasteiger charge is -2.11. The van der Waals surface area contributed by atoms with Crippen molar-refractivity contribution in [1.29, 1.82) is 0 Å². The molecule has 1 aromatic carbocycles. The van der Waals surface area contributed by atoms with Gasteiger partial charge in [-0.2, -0.15) is 0 Å². The predicted molar refractivity (Wildman–Crippen MR) is 84.1 cm³/mol. The van der Waals surface area contributed by atoms with Crippen molar-refractivity contribution in [2.24, 2.45) is 0 Å². The Balaban J connectivity index is 2.12. The fourth-order valence-electron chi connectivity index (χ4n) is 1.90. The fourth-order valence-corrected chi connectivity index (χ4v) is 1.90. The van der Waals surface area contributed by atoms with Gasteiger partial charge in [-0.15, -0.1) is 0 Å². The van der Waals surface area contributed by atoms with Gasteiger partial charge in [-0.05, 0) is 13.0 Å². The summed E-state index contributed by atoms with van der Waals surface area (Å²) in [5.41, 5.74) is 3.23. The van der Waals surface area contributed by atoms with Gasteiger partial charge >= 0.3 is 5.63 Å². The average molecular weight is 331 g/mol. The van der Waals surface area contributed by atoms with Gasteiger partial charge < -0.3 is 9.52 Å². The molecular formula is C15H13N3O6. The fraction of sp³-hybridized carbons (Fsp3) is 0.0667. The summed E-state index contributed by atoms with van der Waals surface area (Å²) < 4.78 is 4.84. The van der Waals surface area contributed by atoms with Gasteiger partial charge in [0.15, 0.2) is 0 Å². The quantitative estimate of drug-likeness (QED) is 0.557. The summed E-state index contributed by atoms with van der Waals surface area (Å²) in [5, 5.41) is 20.5. The molecule has 0 radical (unpaired) electrons. The average Bonchev–Trinajstić information content (AvgIpc) is 2.51. The maximum atomic E-state index is 12.0. The van der Waals surface area contributed by atoms with Crippen molar-refractivity contribution in [2.75, 3.05) is 0 Å². The molecule has 0 bridgehead atoms. The zero-order valence-corrected chi connectivity index (χ0v) is 12.5. The van der Waals surface area contributed by atoms with E-state index in [0.29, 0.717) is 0 Å². The van der Waals surface area contributed by atoms with Crippen molar-refractivity contribution in [3.63, 3.8) is 0 Å². The molecule has 24 heavy (non-hydrogen) atoms. The molecule has 9 heteroatoms. The Hall–Kier alpha value is -3.62. The Morgan fingerprint density at radius 2 is 2.04 bits per heavy atom. The first-order valence-electron chi connectivity index (χ1n) is 6.63. The van der Waals surface area contributed by atoms with E-state index in [1.165, 1.54) is 31.2 Å². The molecule has 0 aliphatic rings. The molecular weight excluding hydrogens is 318 g/mol. The third-order valence-corrected chi connectivity index (χ3v) is 3.00. The molecule has 9 nitrogen and oxygen atoms in total. The molecule has 1 aromatic heterocycles. The molecule has 2 rings (SSSR count). The van der Waals surface area contributed by atoms with Gasteiger partial charge in [0.1, 0.15) is 17.1 Å². The van der Waals surface area contributed by atoms with E-state index in [1.807, 2.05) is 0 Å². The van der Waals surface area contributed by atoms with Gasteiger partial charge in [0, 0.05) is 23.8 Å². The Bertz CT molecular complexity index is 887. The number of hydrazine groups is 1. The lowest BCUT2D eigenvalue weighted by Crippen LogP contribution is -2.36. The maximum Gasteiger partial charge on any atom is 0.349 e. The Labute approximate surface area is 135 Å². The van der Waals surface area contributed by atoms with E-state index in [-0.39, 0.29) is 34.0 Å². The minimum Gasteiger partial charge on any atom is -0.507 e. The predicted octanol–water partition coefficient (Wildman–Crippen LogP) is 1.47. The van der Waals surface area contributed by atoms with Crippen LogP contribution in [0.4, 0.5) is 5.69 Å². The van der Waals surface area contributed by atoms with Gasteiger partial charge in [0.25, 0.3) is 11.6 Å². The second kappa shape index (κ2) is 6.65. The number of rotatable bonds is 5. The van der Waals surface area contributed by atoms with Gasteiger partial charge in [-0.25, -0.2) is 4.79 Å². The molecule has 0 aliphatic carbocycles. The number of hydrogen-bond acceptors (Lipinski definition) is 7. The first-order chi connectivity index (χ1) is 11.3. The molecule has 0 aliphatic heterocycles. The van der Waals surface area contributed by atoms with E-state index in [2.05, 4.69) is 17.4 Å². The van der Waals surface area contributed by atoms with E-state index < -0.39 is 16.5 Å². The number of carbonyl (C=O) groups excluding carboxylic acids is 1. The van der Waals surface area contributed by atoms with E-state index in [1.54, 1.807) is 0 Å². The highest BCUT2D eigenvalue weighted by Gasteiger charge is 2.15. The van der Waals surface area contributed by atoms with E-state index in [4.69, 9.17) is 4.42 Å². The van der Waals surface area contributed by atoms with Gasteiger partial charge in [0.2, 0.25) is 0 Å². The zero-order valence-electron chi connectivity index (χ0n) is 12.5. The Morgan fingerprint density at radius 1 is 1.33 bits per heavy atom. The SMILES string of the molecule is C=C(NNC(=O)c1cccc([N+](=O)[O-])c1)c1c(O)cc(C)oc1=O. The summed E-state index contributed by atoms with van der Waals surface area (Å²) in [6, 6.07) is 6.31. The number of non-ortho nitro benzene ring substituents is 1. The lowest BCUT2D eigenvalue weighted by atomic mass is 10.2. The number of benzene rings is 1. The van der Waals surface area contributed by atoms with E-state index in [0.717, 1.165) is 6.07 Å². The zero-order chi connectivity index (χ0) is 17.9. The van der Waals surface area contributed by atoms with E-state index >= 15 is 0 Å². The van der Waals surface area contributed by atoms with Crippen LogP contribution in [0.2, 0.25) is 0 Å². The second-order valence-electron chi connectivity index (χ2n) is 4.77. The van der Waals surface area contributed by atoms with Crippen molar-refractivity contribution in [3.8, 4) is 5.75 Å². The Morgan fingerprint density at radius 3 is 2.67 bits per heavy atom. The number of carbonyl (C=O) groups is 1. The molecule has 0 atom stereocenters. The van der Waals surface area contributed by atoms with Crippen LogP contribution in [0.5, 0.6) is 5.75 Å². The van der Waals surface area contributed by atoms with Crippen molar-refractivity contribution < 1.29 is 19.2 Å². The van der Waals surface area contributed by atoms with Crippen LogP contribution in [-0.2, 0) is 0 Å². The molecule has 0 saturated heterocycles. The highest BCUT2D eigenvalue weighted by atomic mass is 16.6. The summed E-state index contributed by atoms with van der Waals surface area (Å²) in [6.07, 6.45) is 0. The smallest absolute Gasteiger partial charge is 0.349 e. The largest absolute Gasteiger partial charge is 0.507 e. The van der Waals surface area contributed by atoms with Crippen molar-refractivity contribution in [3.05, 3.63) is 74.3 Å². The number of nitro groups is 1. The van der Waals surface area contributed by atoms with Crippen LogP contribution in [0, 0.1) is 17.0 Å². The van der Waals surface area contributed by atoms with Gasteiger partial charge in [0.05, 0.1) is 10.6 Å². The molecule has 0 saturated carbocycles. The molecule has 1 heterocycles. The number of hydrogen-bond donors (Lipinski definition) is 3. The van der Waals surface area contributed by atoms with Gasteiger partial charge in [-0.1, -0.05) is 12.6 Å². The van der Waals surface area contributed by atoms with Crippen LogP contribution in [0.25, 0.3) is 5.70 Å².